The Morgan fingerprint density at radius 1 is 1.23 bits per heavy atom. The number of aromatic nitrogens is 1. The first-order valence-corrected chi connectivity index (χ1v) is 8.33. The lowest BCUT2D eigenvalue weighted by Gasteiger charge is -2.48. The zero-order chi connectivity index (χ0) is 19.1. The maximum Gasteiger partial charge on any atom is 0.387 e. The molecule has 0 spiro atoms. The lowest BCUT2D eigenvalue weighted by atomic mass is 9.96. The Morgan fingerprint density at radius 3 is 2.46 bits per heavy atom. The van der Waals surface area contributed by atoms with Gasteiger partial charge in [0.15, 0.2) is 0 Å². The van der Waals surface area contributed by atoms with Gasteiger partial charge in [0.05, 0.1) is 28.0 Å². The van der Waals surface area contributed by atoms with E-state index in [-0.39, 0.29) is 5.75 Å². The fraction of sp³-hybridized carbons (Fsp3) is 0.474. The van der Waals surface area contributed by atoms with Crippen molar-refractivity contribution in [1.82, 2.24) is 4.98 Å². The van der Waals surface area contributed by atoms with Crippen LogP contribution in [0.3, 0.4) is 0 Å². The minimum atomic E-state index is -2.91. The number of nitriles is 1. The van der Waals surface area contributed by atoms with E-state index in [0.717, 1.165) is 0 Å². The van der Waals surface area contributed by atoms with Crippen molar-refractivity contribution in [3.05, 3.63) is 30.0 Å². The van der Waals surface area contributed by atoms with Gasteiger partial charge in [-0.2, -0.15) is 14.0 Å². The molecule has 1 aliphatic heterocycles. The zero-order valence-corrected chi connectivity index (χ0v) is 15.2. The molecule has 0 unspecified atom stereocenters. The summed E-state index contributed by atoms with van der Waals surface area (Å²) in [5, 5.41) is 10.2. The summed E-state index contributed by atoms with van der Waals surface area (Å²) in [5.41, 5.74) is 0.812. The van der Waals surface area contributed by atoms with E-state index >= 15 is 0 Å². The molecular formula is C19H21F2N3O2. The van der Waals surface area contributed by atoms with Crippen molar-refractivity contribution in [1.29, 1.82) is 5.26 Å². The third-order valence-electron chi connectivity index (χ3n) is 4.17. The molecule has 26 heavy (non-hydrogen) atoms. The SMILES string of the molecule is CC1(C)CN(c2c(C#N)cnc3ccc(OC(F)F)cc23)CC(C)(C)O1. The standard InChI is InChI=1S/C19H21F2N3O2/c1-18(2)10-24(11-19(3,4)26-18)16-12(8-22)9-23-15-6-5-13(7-14(15)16)25-17(20)21/h5-7,9,17H,10-11H2,1-4H3. The second-order valence-electron chi connectivity index (χ2n) is 7.67. The van der Waals surface area contributed by atoms with Crippen LogP contribution in [0.2, 0.25) is 0 Å². The molecule has 5 nitrogen and oxygen atoms in total. The van der Waals surface area contributed by atoms with Crippen molar-refractivity contribution >= 4 is 16.6 Å². The van der Waals surface area contributed by atoms with Crippen LogP contribution in [0.5, 0.6) is 5.75 Å². The molecule has 2 heterocycles. The molecule has 138 valence electrons. The maximum atomic E-state index is 12.6. The highest BCUT2D eigenvalue weighted by Gasteiger charge is 2.39. The van der Waals surface area contributed by atoms with Crippen LogP contribution in [0.1, 0.15) is 33.3 Å². The Morgan fingerprint density at radius 2 is 1.88 bits per heavy atom. The number of benzene rings is 1. The molecule has 7 heteroatoms. The van der Waals surface area contributed by atoms with Gasteiger partial charge in [-0.15, -0.1) is 0 Å². The van der Waals surface area contributed by atoms with Gasteiger partial charge in [-0.1, -0.05) is 0 Å². The van der Waals surface area contributed by atoms with E-state index < -0.39 is 17.8 Å². The molecule has 0 aliphatic carbocycles. The topological polar surface area (TPSA) is 58.4 Å². The number of rotatable bonds is 3. The molecule has 1 aromatic carbocycles. The number of anilines is 1. The summed E-state index contributed by atoms with van der Waals surface area (Å²) < 4.78 is 35.9. The number of alkyl halides is 2. The second kappa shape index (κ2) is 6.36. The number of ether oxygens (including phenoxy) is 2. The summed E-state index contributed by atoms with van der Waals surface area (Å²) >= 11 is 0. The number of hydrogen-bond donors (Lipinski definition) is 0. The third kappa shape index (κ3) is 3.70. The van der Waals surface area contributed by atoms with E-state index in [1.165, 1.54) is 18.3 Å². The summed E-state index contributed by atoms with van der Waals surface area (Å²) in [7, 11) is 0. The highest BCUT2D eigenvalue weighted by Crippen LogP contribution is 2.37. The highest BCUT2D eigenvalue weighted by molar-refractivity contribution is 5.95. The quantitative estimate of drug-likeness (QED) is 0.824. The molecule has 3 rings (SSSR count). The van der Waals surface area contributed by atoms with E-state index in [1.807, 2.05) is 27.7 Å². The Labute approximate surface area is 151 Å². The number of hydrogen-bond acceptors (Lipinski definition) is 5. The molecule has 1 aromatic heterocycles. The van der Waals surface area contributed by atoms with E-state index in [0.29, 0.717) is 35.2 Å². The summed E-state index contributed by atoms with van der Waals surface area (Å²) in [4.78, 5) is 6.34. The molecule has 1 saturated heterocycles. The smallest absolute Gasteiger partial charge is 0.387 e. The molecule has 0 radical (unpaired) electrons. The number of morpholine rings is 1. The minimum Gasteiger partial charge on any atom is -0.435 e. The monoisotopic (exact) mass is 361 g/mol. The van der Waals surface area contributed by atoms with E-state index in [1.54, 1.807) is 6.07 Å². The molecule has 1 aliphatic rings. The van der Waals surface area contributed by atoms with Crippen molar-refractivity contribution < 1.29 is 18.3 Å². The normalized spacial score (nSPS) is 18.8. The molecular weight excluding hydrogens is 340 g/mol. The Hall–Kier alpha value is -2.46. The average Bonchev–Trinajstić information content (AvgIpc) is 2.49. The predicted octanol–water partition coefficient (Wildman–Crippen LogP) is 4.10. The summed E-state index contributed by atoms with van der Waals surface area (Å²) in [5.74, 6) is 0.0393. The van der Waals surface area contributed by atoms with Gasteiger partial charge in [0.25, 0.3) is 0 Å². The van der Waals surface area contributed by atoms with Crippen LogP contribution >= 0.6 is 0 Å². The first-order valence-electron chi connectivity index (χ1n) is 8.33. The van der Waals surface area contributed by atoms with E-state index in [2.05, 4.69) is 20.7 Å². The second-order valence-corrected chi connectivity index (χ2v) is 7.67. The maximum absolute atomic E-state index is 12.6. The van der Waals surface area contributed by atoms with Crippen LogP contribution in [-0.2, 0) is 4.74 Å². The van der Waals surface area contributed by atoms with Gasteiger partial charge < -0.3 is 14.4 Å². The summed E-state index contributed by atoms with van der Waals surface area (Å²) in [6, 6.07) is 6.75. The van der Waals surface area contributed by atoms with Crippen molar-refractivity contribution in [2.24, 2.45) is 0 Å². The number of fused-ring (bicyclic) bond motifs is 1. The van der Waals surface area contributed by atoms with Crippen LogP contribution in [0, 0.1) is 11.3 Å². The zero-order valence-electron chi connectivity index (χ0n) is 15.2. The molecule has 0 bridgehead atoms. The van der Waals surface area contributed by atoms with Gasteiger partial charge in [0, 0.05) is 24.7 Å². The molecule has 2 aromatic rings. The van der Waals surface area contributed by atoms with Crippen LogP contribution < -0.4 is 9.64 Å². The fourth-order valence-corrected chi connectivity index (χ4v) is 3.70. The van der Waals surface area contributed by atoms with Gasteiger partial charge in [-0.05, 0) is 45.9 Å². The number of nitrogens with zero attached hydrogens (tertiary/aromatic N) is 3. The Kier molecular flexibility index (Phi) is 4.49. The molecule has 0 N–H and O–H groups in total. The number of halogens is 2. The van der Waals surface area contributed by atoms with Gasteiger partial charge >= 0.3 is 6.61 Å². The Bertz CT molecular complexity index is 859. The van der Waals surface area contributed by atoms with Gasteiger partial charge in [-0.25, -0.2) is 0 Å². The molecule has 0 atom stereocenters. The highest BCUT2D eigenvalue weighted by atomic mass is 19.3. The van der Waals surface area contributed by atoms with Crippen molar-refractivity contribution in [2.45, 2.75) is 45.5 Å². The predicted molar refractivity (Wildman–Crippen MR) is 94.5 cm³/mol. The fourth-order valence-electron chi connectivity index (χ4n) is 3.70. The largest absolute Gasteiger partial charge is 0.435 e. The minimum absolute atomic E-state index is 0.0393. The van der Waals surface area contributed by atoms with Crippen LogP contribution in [0.4, 0.5) is 14.5 Å². The number of pyridine rings is 1. The lowest BCUT2D eigenvalue weighted by molar-refractivity contribution is -0.133. The average molecular weight is 361 g/mol. The summed E-state index contributed by atoms with van der Waals surface area (Å²) in [6.45, 7) is 6.16. The first-order chi connectivity index (χ1) is 12.1. The van der Waals surface area contributed by atoms with Crippen LogP contribution in [0.25, 0.3) is 10.9 Å². The molecule has 1 fully saturated rings. The van der Waals surface area contributed by atoms with Crippen LogP contribution in [0.15, 0.2) is 24.4 Å². The van der Waals surface area contributed by atoms with Gasteiger partial charge in [0.1, 0.15) is 11.8 Å². The summed E-state index contributed by atoms with van der Waals surface area (Å²) in [6.07, 6.45) is 1.51. The molecule has 0 amide bonds. The third-order valence-corrected chi connectivity index (χ3v) is 4.17. The van der Waals surface area contributed by atoms with Gasteiger partial charge in [-0.3, -0.25) is 4.98 Å². The Balaban J connectivity index is 2.17. The van der Waals surface area contributed by atoms with E-state index in [4.69, 9.17) is 4.74 Å². The van der Waals surface area contributed by atoms with Crippen molar-refractivity contribution in [3.63, 3.8) is 0 Å². The molecule has 0 saturated carbocycles. The van der Waals surface area contributed by atoms with Crippen molar-refractivity contribution in [2.75, 3.05) is 18.0 Å². The van der Waals surface area contributed by atoms with Gasteiger partial charge in [0.2, 0.25) is 0 Å². The van der Waals surface area contributed by atoms with Crippen molar-refractivity contribution in [3.8, 4) is 11.8 Å². The van der Waals surface area contributed by atoms with Crippen LogP contribution in [-0.4, -0.2) is 35.9 Å². The lowest BCUT2D eigenvalue weighted by Crippen LogP contribution is -2.57. The first kappa shape index (κ1) is 18.3. The van der Waals surface area contributed by atoms with E-state index in [9.17, 15) is 14.0 Å².